The van der Waals surface area contributed by atoms with Crippen LogP contribution in [0.5, 0.6) is 0 Å². The van der Waals surface area contributed by atoms with Gasteiger partial charge < -0.3 is 19.9 Å². The Bertz CT molecular complexity index is 392. The van der Waals surface area contributed by atoms with Gasteiger partial charge in [0.25, 0.3) is 0 Å². The van der Waals surface area contributed by atoms with Gasteiger partial charge in [0.2, 0.25) is 5.13 Å². The fraction of sp³-hybridized carbons (Fsp3) is 0.846. The molecule has 1 N–H and O–H groups in total. The van der Waals surface area contributed by atoms with Crippen LogP contribution in [0.15, 0.2) is 0 Å². The maximum atomic E-state index is 5.02. The summed E-state index contributed by atoms with van der Waals surface area (Å²) in [4.78, 5) is 9.32. The van der Waals surface area contributed by atoms with Gasteiger partial charge in [0.1, 0.15) is 6.61 Å². The number of methoxy groups -OCH3 is 1. The number of anilines is 1. The van der Waals surface area contributed by atoms with Gasteiger partial charge in [-0.3, -0.25) is 0 Å². The minimum Gasteiger partial charge on any atom is -0.377 e. The van der Waals surface area contributed by atoms with Gasteiger partial charge >= 0.3 is 0 Å². The maximum Gasteiger partial charge on any atom is 0.202 e. The van der Waals surface area contributed by atoms with Crippen LogP contribution in [0.25, 0.3) is 0 Å². The molecule has 1 aliphatic heterocycles. The lowest BCUT2D eigenvalue weighted by Gasteiger charge is -2.32. The van der Waals surface area contributed by atoms with Gasteiger partial charge in [-0.25, -0.2) is 4.98 Å². The van der Waals surface area contributed by atoms with E-state index < -0.39 is 0 Å². The first kappa shape index (κ1) is 15.6. The molecule has 0 amide bonds. The van der Waals surface area contributed by atoms with Crippen molar-refractivity contribution in [2.24, 2.45) is 0 Å². The van der Waals surface area contributed by atoms with Crippen LogP contribution in [0.3, 0.4) is 0 Å². The first-order chi connectivity index (χ1) is 9.67. The van der Waals surface area contributed by atoms with E-state index in [2.05, 4.69) is 38.4 Å². The quantitative estimate of drug-likeness (QED) is 0.814. The van der Waals surface area contributed by atoms with Crippen molar-refractivity contribution in [3.8, 4) is 0 Å². The summed E-state index contributed by atoms with van der Waals surface area (Å²) in [5.41, 5.74) is 0. The van der Waals surface area contributed by atoms with Crippen LogP contribution in [-0.4, -0.2) is 72.1 Å². The average molecular weight is 299 g/mol. The molecule has 0 bridgehead atoms. The topological polar surface area (TPSA) is 53.5 Å². The van der Waals surface area contributed by atoms with Crippen LogP contribution < -0.4 is 5.32 Å². The van der Waals surface area contributed by atoms with E-state index in [1.165, 1.54) is 37.7 Å². The molecule has 0 aliphatic carbocycles. The highest BCUT2D eigenvalue weighted by Crippen LogP contribution is 2.14. The van der Waals surface area contributed by atoms with Gasteiger partial charge in [-0.15, -0.1) is 0 Å². The third-order valence-corrected chi connectivity index (χ3v) is 4.27. The third kappa shape index (κ3) is 4.97. The lowest BCUT2D eigenvalue weighted by Crippen LogP contribution is -2.45. The monoisotopic (exact) mass is 299 g/mol. The average Bonchev–Trinajstić information content (AvgIpc) is 2.86. The van der Waals surface area contributed by atoms with Crippen molar-refractivity contribution in [3.05, 3.63) is 5.82 Å². The second-order valence-corrected chi connectivity index (χ2v) is 6.18. The smallest absolute Gasteiger partial charge is 0.202 e. The molecule has 1 atom stereocenters. The van der Waals surface area contributed by atoms with Gasteiger partial charge in [-0.1, -0.05) is 0 Å². The van der Waals surface area contributed by atoms with E-state index >= 15 is 0 Å². The number of nitrogens with one attached hydrogen (secondary N) is 1. The lowest BCUT2D eigenvalue weighted by atomic mass is 10.2. The van der Waals surface area contributed by atoms with Crippen LogP contribution >= 0.6 is 11.5 Å². The molecule has 0 spiro atoms. The molecule has 0 saturated carbocycles. The molecule has 1 aliphatic rings. The van der Waals surface area contributed by atoms with Crippen molar-refractivity contribution in [2.75, 3.05) is 52.2 Å². The molecule has 2 rings (SSSR count). The van der Waals surface area contributed by atoms with Crippen LogP contribution in [0.2, 0.25) is 0 Å². The molecule has 1 fully saturated rings. The highest BCUT2D eigenvalue weighted by Gasteiger charge is 2.15. The predicted molar refractivity (Wildman–Crippen MR) is 82.3 cm³/mol. The number of nitrogens with zero attached hydrogens (tertiary/aromatic N) is 4. The molecule has 1 saturated heterocycles. The summed E-state index contributed by atoms with van der Waals surface area (Å²) in [6, 6.07) is 0.415. The molecule has 0 radical (unpaired) electrons. The molecule has 0 aromatic carbocycles. The summed E-state index contributed by atoms with van der Waals surface area (Å²) < 4.78 is 9.27. The van der Waals surface area contributed by atoms with E-state index in [9.17, 15) is 0 Å². The molecule has 1 unspecified atom stereocenters. The Kier molecular flexibility index (Phi) is 6.15. The fourth-order valence-corrected chi connectivity index (χ4v) is 2.92. The van der Waals surface area contributed by atoms with Crippen molar-refractivity contribution < 1.29 is 4.74 Å². The number of rotatable bonds is 7. The summed E-state index contributed by atoms with van der Waals surface area (Å²) in [5, 5.41) is 4.31. The minimum atomic E-state index is 0.415. The van der Waals surface area contributed by atoms with Gasteiger partial charge in [0.05, 0.1) is 0 Å². The van der Waals surface area contributed by atoms with Gasteiger partial charge in [-0.2, -0.15) is 4.37 Å². The van der Waals surface area contributed by atoms with E-state index in [-0.39, 0.29) is 0 Å². The number of hydrogen-bond donors (Lipinski definition) is 1. The van der Waals surface area contributed by atoms with Gasteiger partial charge in [0.15, 0.2) is 5.82 Å². The van der Waals surface area contributed by atoms with Gasteiger partial charge in [-0.05, 0) is 20.4 Å². The molecule has 2 heterocycles. The SMILES string of the molecule is COCc1nsc(NC(C)CCN2CCN(C)CC2)n1. The predicted octanol–water partition coefficient (Wildman–Crippen LogP) is 1.12. The van der Waals surface area contributed by atoms with Crippen LogP contribution in [0.4, 0.5) is 5.13 Å². The maximum absolute atomic E-state index is 5.02. The Labute approximate surface area is 125 Å². The van der Waals surface area contributed by atoms with E-state index in [4.69, 9.17) is 4.74 Å². The highest BCUT2D eigenvalue weighted by molar-refractivity contribution is 7.09. The zero-order valence-corrected chi connectivity index (χ0v) is 13.4. The van der Waals surface area contributed by atoms with Crippen LogP contribution in [0, 0.1) is 0 Å². The first-order valence-electron chi connectivity index (χ1n) is 7.16. The number of likely N-dealkylation sites (N-methyl/N-ethyl adjacent to an activating group) is 1. The van der Waals surface area contributed by atoms with E-state index in [0.29, 0.717) is 12.6 Å². The van der Waals surface area contributed by atoms with Crippen molar-refractivity contribution in [1.82, 2.24) is 19.2 Å². The molecule has 20 heavy (non-hydrogen) atoms. The minimum absolute atomic E-state index is 0.415. The zero-order valence-electron chi connectivity index (χ0n) is 12.6. The zero-order chi connectivity index (χ0) is 14.4. The number of aromatic nitrogens is 2. The summed E-state index contributed by atoms with van der Waals surface area (Å²) in [6.45, 7) is 8.55. The van der Waals surface area contributed by atoms with E-state index in [1.54, 1.807) is 7.11 Å². The molecule has 7 heteroatoms. The van der Waals surface area contributed by atoms with E-state index in [1.807, 2.05) is 0 Å². The first-order valence-corrected chi connectivity index (χ1v) is 7.93. The Balaban J connectivity index is 1.67. The normalized spacial score (nSPS) is 19.1. The molecular formula is C13H25N5OS. The second-order valence-electron chi connectivity index (χ2n) is 5.43. The van der Waals surface area contributed by atoms with Crippen molar-refractivity contribution in [2.45, 2.75) is 26.0 Å². The van der Waals surface area contributed by atoms with Crippen molar-refractivity contribution in [3.63, 3.8) is 0 Å². The standard InChI is InChI=1S/C13H25N5OS/c1-11(4-5-18-8-6-17(2)7-9-18)14-13-15-12(10-19-3)16-20-13/h11H,4-10H2,1-3H3,(H,14,15,16). The van der Waals surface area contributed by atoms with Gasteiger partial charge in [0, 0.05) is 57.4 Å². The molecule has 1 aromatic rings. The summed E-state index contributed by atoms with van der Waals surface area (Å²) >= 11 is 1.41. The van der Waals surface area contributed by atoms with Crippen LogP contribution in [0.1, 0.15) is 19.2 Å². The Morgan fingerprint density at radius 1 is 1.35 bits per heavy atom. The number of hydrogen-bond acceptors (Lipinski definition) is 7. The number of piperazine rings is 1. The Morgan fingerprint density at radius 2 is 2.10 bits per heavy atom. The molecule has 114 valence electrons. The molecule has 1 aromatic heterocycles. The highest BCUT2D eigenvalue weighted by atomic mass is 32.1. The lowest BCUT2D eigenvalue weighted by molar-refractivity contribution is 0.151. The Hall–Kier alpha value is -0.760. The fourth-order valence-electron chi connectivity index (χ4n) is 2.23. The van der Waals surface area contributed by atoms with Crippen LogP contribution in [-0.2, 0) is 11.3 Å². The van der Waals surface area contributed by atoms with Crippen molar-refractivity contribution >= 4 is 16.7 Å². The van der Waals surface area contributed by atoms with E-state index in [0.717, 1.165) is 23.9 Å². The second kappa shape index (κ2) is 7.87. The summed E-state index contributed by atoms with van der Waals surface area (Å²) in [7, 11) is 3.85. The largest absolute Gasteiger partial charge is 0.377 e. The summed E-state index contributed by atoms with van der Waals surface area (Å²) in [6.07, 6.45) is 1.13. The molecular weight excluding hydrogens is 274 g/mol. The molecule has 6 nitrogen and oxygen atoms in total. The third-order valence-electron chi connectivity index (χ3n) is 3.59. The summed E-state index contributed by atoms with van der Waals surface area (Å²) in [5.74, 6) is 0.756. The number of ether oxygens (including phenoxy) is 1. The van der Waals surface area contributed by atoms with Crippen molar-refractivity contribution in [1.29, 1.82) is 0 Å². The Morgan fingerprint density at radius 3 is 2.80 bits per heavy atom.